The SMILES string of the molecule is CC1(C)O[C@H]2O[C@H]([C@H](O)CO[Si](C)(C)C(C)(C)C)C[C@H]2O1. The van der Waals surface area contributed by atoms with Gasteiger partial charge in [-0.3, -0.25) is 0 Å². The van der Waals surface area contributed by atoms with Crippen LogP contribution in [0.15, 0.2) is 0 Å². The Hall–Kier alpha value is 0.0169. The van der Waals surface area contributed by atoms with E-state index in [1.54, 1.807) is 0 Å². The average molecular weight is 318 g/mol. The normalized spacial score (nSPS) is 34.0. The molecule has 6 heteroatoms. The van der Waals surface area contributed by atoms with Crippen LogP contribution in [0.1, 0.15) is 41.0 Å². The van der Waals surface area contributed by atoms with Crippen molar-refractivity contribution >= 4 is 8.32 Å². The highest BCUT2D eigenvalue weighted by atomic mass is 28.4. The lowest BCUT2D eigenvalue weighted by molar-refractivity contribution is -0.215. The fraction of sp³-hybridized carbons (Fsp3) is 1.00. The molecule has 1 N–H and O–H groups in total. The molecule has 0 aromatic rings. The Morgan fingerprint density at radius 3 is 2.43 bits per heavy atom. The summed E-state index contributed by atoms with van der Waals surface area (Å²) in [5.74, 6) is -0.594. The number of aliphatic hydroxyl groups excluding tert-OH is 1. The maximum atomic E-state index is 10.3. The third-order valence-corrected chi connectivity index (χ3v) is 9.26. The molecule has 2 aliphatic rings. The minimum atomic E-state index is -1.85. The van der Waals surface area contributed by atoms with Crippen LogP contribution in [-0.4, -0.2) is 50.4 Å². The summed E-state index contributed by atoms with van der Waals surface area (Å²) in [4.78, 5) is 0. The minimum Gasteiger partial charge on any atom is -0.414 e. The smallest absolute Gasteiger partial charge is 0.192 e. The second-order valence-corrected chi connectivity index (χ2v) is 12.9. The first kappa shape index (κ1) is 17.4. The predicted molar refractivity (Wildman–Crippen MR) is 82.5 cm³/mol. The molecule has 0 aliphatic carbocycles. The van der Waals surface area contributed by atoms with Gasteiger partial charge in [0.2, 0.25) is 0 Å². The van der Waals surface area contributed by atoms with E-state index in [1.807, 2.05) is 13.8 Å². The van der Waals surface area contributed by atoms with Crippen molar-refractivity contribution in [3.63, 3.8) is 0 Å². The van der Waals surface area contributed by atoms with Crippen LogP contribution in [0.3, 0.4) is 0 Å². The van der Waals surface area contributed by atoms with Crippen LogP contribution in [0.2, 0.25) is 18.1 Å². The molecule has 2 aliphatic heterocycles. The zero-order valence-corrected chi connectivity index (χ0v) is 15.3. The molecule has 2 heterocycles. The Morgan fingerprint density at radius 2 is 1.90 bits per heavy atom. The highest BCUT2D eigenvalue weighted by molar-refractivity contribution is 6.74. The highest BCUT2D eigenvalue weighted by Gasteiger charge is 2.50. The zero-order chi connectivity index (χ0) is 16.1. The molecular formula is C15H30O5Si. The molecule has 0 spiro atoms. The van der Waals surface area contributed by atoms with E-state index in [0.29, 0.717) is 13.0 Å². The van der Waals surface area contributed by atoms with E-state index in [1.165, 1.54) is 0 Å². The van der Waals surface area contributed by atoms with Crippen molar-refractivity contribution in [2.24, 2.45) is 0 Å². The number of aliphatic hydroxyl groups is 1. The van der Waals surface area contributed by atoms with Crippen LogP contribution in [0.5, 0.6) is 0 Å². The second-order valence-electron chi connectivity index (χ2n) is 8.09. The topological polar surface area (TPSA) is 57.2 Å². The predicted octanol–water partition coefficient (Wildman–Crippen LogP) is 2.64. The summed E-state index contributed by atoms with van der Waals surface area (Å²) in [7, 11) is -1.85. The maximum Gasteiger partial charge on any atom is 0.192 e. The van der Waals surface area contributed by atoms with Gasteiger partial charge in [0, 0.05) is 6.42 Å². The Morgan fingerprint density at radius 1 is 1.29 bits per heavy atom. The van der Waals surface area contributed by atoms with Gasteiger partial charge in [-0.1, -0.05) is 20.8 Å². The lowest BCUT2D eigenvalue weighted by Crippen LogP contribution is -2.44. The van der Waals surface area contributed by atoms with Crippen LogP contribution < -0.4 is 0 Å². The molecule has 2 fully saturated rings. The maximum absolute atomic E-state index is 10.3. The van der Waals surface area contributed by atoms with E-state index in [0.717, 1.165) is 0 Å². The van der Waals surface area contributed by atoms with Gasteiger partial charge < -0.3 is 23.7 Å². The van der Waals surface area contributed by atoms with Crippen molar-refractivity contribution in [2.45, 2.75) is 89.6 Å². The van der Waals surface area contributed by atoms with Gasteiger partial charge in [-0.05, 0) is 32.0 Å². The first-order chi connectivity index (χ1) is 9.41. The number of fused-ring (bicyclic) bond motifs is 1. The Kier molecular flexibility index (Phi) is 4.62. The van der Waals surface area contributed by atoms with E-state index in [-0.39, 0.29) is 23.5 Å². The summed E-state index contributed by atoms with van der Waals surface area (Å²) in [6.45, 7) is 15.0. The molecule has 2 saturated heterocycles. The molecule has 0 bridgehead atoms. The Labute approximate surface area is 129 Å². The number of rotatable bonds is 4. The zero-order valence-electron chi connectivity index (χ0n) is 14.3. The fourth-order valence-electron chi connectivity index (χ4n) is 2.40. The van der Waals surface area contributed by atoms with Crippen LogP contribution in [0.25, 0.3) is 0 Å². The molecule has 21 heavy (non-hydrogen) atoms. The Balaban J connectivity index is 1.83. The van der Waals surface area contributed by atoms with Crippen LogP contribution in [0.4, 0.5) is 0 Å². The van der Waals surface area contributed by atoms with Gasteiger partial charge in [-0.2, -0.15) is 0 Å². The first-order valence-electron chi connectivity index (χ1n) is 7.74. The molecule has 0 aromatic heterocycles. The number of hydrogen-bond acceptors (Lipinski definition) is 5. The van der Waals surface area contributed by atoms with Gasteiger partial charge in [0.1, 0.15) is 12.2 Å². The van der Waals surface area contributed by atoms with E-state index in [4.69, 9.17) is 18.6 Å². The molecule has 4 atom stereocenters. The van der Waals surface area contributed by atoms with Gasteiger partial charge in [0.25, 0.3) is 0 Å². The average Bonchev–Trinajstić information content (AvgIpc) is 2.77. The quantitative estimate of drug-likeness (QED) is 0.808. The standard InChI is InChI=1S/C15H30O5Si/c1-14(2,3)21(6,7)17-9-10(16)11-8-12-13(18-11)20-15(4,5)19-12/h10-13,16H,8-9H2,1-7H3/t10-,11+,12-,13-/m1/s1. The molecule has 2 rings (SSSR count). The van der Waals surface area contributed by atoms with Crippen molar-refractivity contribution in [1.29, 1.82) is 0 Å². The molecule has 0 saturated carbocycles. The van der Waals surface area contributed by atoms with Gasteiger partial charge in [0.05, 0.1) is 12.7 Å². The minimum absolute atomic E-state index is 0.0903. The monoisotopic (exact) mass is 318 g/mol. The molecular weight excluding hydrogens is 288 g/mol. The lowest BCUT2D eigenvalue weighted by atomic mass is 10.1. The second kappa shape index (κ2) is 5.58. The van der Waals surface area contributed by atoms with Crippen molar-refractivity contribution in [2.75, 3.05) is 6.61 Å². The van der Waals surface area contributed by atoms with Gasteiger partial charge >= 0.3 is 0 Å². The molecule has 0 amide bonds. The summed E-state index contributed by atoms with van der Waals surface area (Å²) >= 11 is 0. The molecule has 5 nitrogen and oxygen atoms in total. The molecule has 0 aromatic carbocycles. The highest BCUT2D eigenvalue weighted by Crippen LogP contribution is 2.39. The molecule has 0 radical (unpaired) electrons. The van der Waals surface area contributed by atoms with Crippen LogP contribution >= 0.6 is 0 Å². The third kappa shape index (κ3) is 3.86. The molecule has 0 unspecified atom stereocenters. The third-order valence-electron chi connectivity index (χ3n) is 4.76. The van der Waals surface area contributed by atoms with E-state index >= 15 is 0 Å². The largest absolute Gasteiger partial charge is 0.414 e. The van der Waals surface area contributed by atoms with E-state index in [2.05, 4.69) is 33.9 Å². The summed E-state index contributed by atoms with van der Waals surface area (Å²) < 4.78 is 23.3. The van der Waals surface area contributed by atoms with Crippen molar-refractivity contribution in [1.82, 2.24) is 0 Å². The van der Waals surface area contributed by atoms with Crippen LogP contribution in [0, 0.1) is 0 Å². The van der Waals surface area contributed by atoms with Crippen LogP contribution in [-0.2, 0) is 18.6 Å². The summed E-state index contributed by atoms with van der Waals surface area (Å²) in [5.41, 5.74) is 0. The summed E-state index contributed by atoms with van der Waals surface area (Å²) in [5, 5.41) is 10.5. The van der Waals surface area contributed by atoms with Gasteiger partial charge in [-0.15, -0.1) is 0 Å². The molecule has 124 valence electrons. The van der Waals surface area contributed by atoms with Gasteiger partial charge in [0.15, 0.2) is 20.4 Å². The Bertz CT molecular complexity index is 361. The fourth-order valence-corrected chi connectivity index (χ4v) is 3.42. The lowest BCUT2D eigenvalue weighted by Gasteiger charge is -2.37. The number of hydrogen-bond donors (Lipinski definition) is 1. The number of ether oxygens (including phenoxy) is 3. The first-order valence-corrected chi connectivity index (χ1v) is 10.7. The van der Waals surface area contributed by atoms with Gasteiger partial charge in [-0.25, -0.2) is 0 Å². The summed E-state index contributed by atoms with van der Waals surface area (Å²) in [6, 6.07) is 0. The van der Waals surface area contributed by atoms with Crippen molar-refractivity contribution in [3.8, 4) is 0 Å². The van der Waals surface area contributed by atoms with E-state index < -0.39 is 20.2 Å². The van der Waals surface area contributed by atoms with E-state index in [9.17, 15) is 5.11 Å². The van der Waals surface area contributed by atoms with Crippen molar-refractivity contribution < 1.29 is 23.7 Å². The summed E-state index contributed by atoms with van der Waals surface area (Å²) in [6.07, 6.45) is -0.725. The van der Waals surface area contributed by atoms with Crippen molar-refractivity contribution in [3.05, 3.63) is 0 Å².